The number of rotatable bonds is 8. The van der Waals surface area contributed by atoms with E-state index in [-0.39, 0.29) is 17.4 Å². The lowest BCUT2D eigenvalue weighted by Crippen LogP contribution is -2.26. The standard InChI is InChI=1S/C22H23Cl2N5O2/c1-14(30)28-16-6-2-5-15(13-16)19-9-12-27-22(29-19)26-11-4-10-25-21(31)20-17(23)7-3-8-18(20)24/h3,5,7-9,12-13H,2,4,6,10-11H2,1H3,(H,25,31)(H,28,30)(H,26,27,29). The number of halogens is 2. The molecule has 3 rings (SSSR count). The molecule has 162 valence electrons. The van der Waals surface area contributed by atoms with E-state index in [1.807, 2.05) is 12.1 Å². The highest BCUT2D eigenvalue weighted by molar-refractivity contribution is 6.39. The zero-order valence-electron chi connectivity index (χ0n) is 17.0. The minimum absolute atomic E-state index is 0.0820. The van der Waals surface area contributed by atoms with Crippen molar-refractivity contribution in [3.8, 4) is 0 Å². The molecule has 0 spiro atoms. The van der Waals surface area contributed by atoms with Crippen LogP contribution in [0.3, 0.4) is 0 Å². The number of benzene rings is 1. The van der Waals surface area contributed by atoms with E-state index in [0.29, 0.717) is 35.5 Å². The van der Waals surface area contributed by atoms with Crippen LogP contribution in [0.2, 0.25) is 10.0 Å². The molecule has 2 amide bonds. The quantitative estimate of drug-likeness (QED) is 0.513. The topological polar surface area (TPSA) is 96.0 Å². The molecule has 1 aliphatic rings. The Balaban J connectivity index is 1.50. The highest BCUT2D eigenvalue weighted by Gasteiger charge is 2.14. The van der Waals surface area contributed by atoms with Gasteiger partial charge in [-0.2, -0.15) is 0 Å². The second-order valence-corrected chi connectivity index (χ2v) is 7.76. The van der Waals surface area contributed by atoms with Crippen LogP contribution in [0.5, 0.6) is 0 Å². The van der Waals surface area contributed by atoms with Crippen LogP contribution < -0.4 is 16.0 Å². The number of hydrogen-bond acceptors (Lipinski definition) is 5. The van der Waals surface area contributed by atoms with Gasteiger partial charge in [0, 0.05) is 31.9 Å². The van der Waals surface area contributed by atoms with Gasteiger partial charge in [0.25, 0.3) is 5.91 Å². The summed E-state index contributed by atoms with van der Waals surface area (Å²) in [6.07, 6.45) is 8.01. The number of nitrogens with one attached hydrogen (secondary N) is 3. The molecule has 0 atom stereocenters. The predicted octanol–water partition coefficient (Wildman–Crippen LogP) is 4.21. The molecule has 0 saturated carbocycles. The summed E-state index contributed by atoms with van der Waals surface area (Å²) in [6.45, 7) is 2.52. The molecule has 0 saturated heterocycles. The van der Waals surface area contributed by atoms with E-state index in [9.17, 15) is 9.59 Å². The van der Waals surface area contributed by atoms with Gasteiger partial charge >= 0.3 is 0 Å². The molecule has 0 fully saturated rings. The molecule has 0 bridgehead atoms. The molecule has 7 nitrogen and oxygen atoms in total. The third kappa shape index (κ3) is 6.54. The van der Waals surface area contributed by atoms with Crippen molar-refractivity contribution < 1.29 is 9.59 Å². The van der Waals surface area contributed by atoms with E-state index in [0.717, 1.165) is 29.8 Å². The Morgan fingerprint density at radius 2 is 1.90 bits per heavy atom. The number of aromatic nitrogens is 2. The van der Waals surface area contributed by atoms with E-state index in [2.05, 4.69) is 32.0 Å². The molecular weight excluding hydrogens is 437 g/mol. The Hall–Kier alpha value is -2.90. The monoisotopic (exact) mass is 459 g/mol. The third-order valence-corrected chi connectivity index (χ3v) is 5.14. The van der Waals surface area contributed by atoms with Crippen molar-refractivity contribution in [1.29, 1.82) is 0 Å². The van der Waals surface area contributed by atoms with Crippen LogP contribution in [0.1, 0.15) is 42.2 Å². The van der Waals surface area contributed by atoms with Crippen LogP contribution in [0.15, 0.2) is 48.3 Å². The van der Waals surface area contributed by atoms with Crippen LogP contribution >= 0.6 is 23.2 Å². The lowest BCUT2D eigenvalue weighted by atomic mass is 10.0. The summed E-state index contributed by atoms with van der Waals surface area (Å²) in [4.78, 5) is 32.3. The van der Waals surface area contributed by atoms with Crippen molar-refractivity contribution in [2.24, 2.45) is 0 Å². The van der Waals surface area contributed by atoms with Crippen molar-refractivity contribution in [3.05, 3.63) is 69.6 Å². The summed E-state index contributed by atoms with van der Waals surface area (Å²) >= 11 is 12.1. The van der Waals surface area contributed by atoms with Gasteiger partial charge < -0.3 is 16.0 Å². The normalized spacial score (nSPS) is 13.1. The smallest absolute Gasteiger partial charge is 0.254 e. The Morgan fingerprint density at radius 3 is 2.65 bits per heavy atom. The van der Waals surface area contributed by atoms with Crippen molar-refractivity contribution in [1.82, 2.24) is 20.6 Å². The first-order chi connectivity index (χ1) is 14.9. The Kier molecular flexibility index (Phi) is 8.03. The number of nitrogens with zero attached hydrogens (tertiary/aromatic N) is 2. The fourth-order valence-electron chi connectivity index (χ4n) is 3.10. The zero-order chi connectivity index (χ0) is 22.2. The van der Waals surface area contributed by atoms with Gasteiger partial charge in [0.1, 0.15) is 0 Å². The maximum atomic E-state index is 12.3. The summed E-state index contributed by atoms with van der Waals surface area (Å²) < 4.78 is 0. The average Bonchev–Trinajstić information content (AvgIpc) is 2.73. The number of amides is 2. The lowest BCUT2D eigenvalue weighted by molar-refractivity contribution is -0.118. The van der Waals surface area contributed by atoms with Gasteiger partial charge in [-0.05, 0) is 49.1 Å². The van der Waals surface area contributed by atoms with Crippen molar-refractivity contribution >= 4 is 46.5 Å². The number of carbonyl (C=O) groups excluding carboxylic acids is 2. The second kappa shape index (κ2) is 10.9. The summed E-state index contributed by atoms with van der Waals surface area (Å²) in [5.74, 6) is 0.111. The molecule has 9 heteroatoms. The first-order valence-electron chi connectivity index (χ1n) is 9.92. The van der Waals surface area contributed by atoms with Crippen LogP contribution in [-0.2, 0) is 4.79 Å². The summed E-state index contributed by atoms with van der Waals surface area (Å²) in [6, 6.07) is 6.78. The highest BCUT2D eigenvalue weighted by Crippen LogP contribution is 2.24. The first kappa shape index (κ1) is 22.8. The number of allylic oxidation sites excluding steroid dienone is 4. The van der Waals surface area contributed by atoms with Gasteiger partial charge in [-0.1, -0.05) is 35.3 Å². The van der Waals surface area contributed by atoms with Gasteiger partial charge in [0.05, 0.1) is 21.3 Å². The predicted molar refractivity (Wildman–Crippen MR) is 123 cm³/mol. The highest BCUT2D eigenvalue weighted by atomic mass is 35.5. The van der Waals surface area contributed by atoms with Gasteiger partial charge in [-0.3, -0.25) is 9.59 Å². The third-order valence-electron chi connectivity index (χ3n) is 4.51. The Morgan fingerprint density at radius 1 is 1.13 bits per heavy atom. The fourth-order valence-corrected chi connectivity index (χ4v) is 3.67. The maximum absolute atomic E-state index is 12.3. The molecule has 3 N–H and O–H groups in total. The molecule has 1 heterocycles. The van der Waals surface area contributed by atoms with E-state index in [4.69, 9.17) is 23.2 Å². The van der Waals surface area contributed by atoms with Crippen molar-refractivity contribution in [2.45, 2.75) is 26.2 Å². The Bertz CT molecular complexity index is 1020. The summed E-state index contributed by atoms with van der Waals surface area (Å²) in [5, 5.41) is 9.46. The number of anilines is 1. The molecule has 1 aromatic heterocycles. The zero-order valence-corrected chi connectivity index (χ0v) is 18.6. The molecular formula is C22H23Cl2N5O2. The lowest BCUT2D eigenvalue weighted by Gasteiger charge is -2.14. The summed E-state index contributed by atoms with van der Waals surface area (Å²) in [5.41, 5.74) is 2.89. The molecule has 0 radical (unpaired) electrons. The molecule has 1 aromatic carbocycles. The van der Waals surface area contributed by atoms with Crippen molar-refractivity contribution in [3.63, 3.8) is 0 Å². The molecule has 2 aromatic rings. The molecule has 0 unspecified atom stereocenters. The van der Waals surface area contributed by atoms with Crippen LogP contribution in [0, 0.1) is 0 Å². The SMILES string of the molecule is CC(=O)NC1=CC(c2ccnc(NCCCNC(=O)c3c(Cl)cccc3Cl)n2)=CCC1. The van der Waals surface area contributed by atoms with Crippen LogP contribution in [-0.4, -0.2) is 34.9 Å². The van der Waals surface area contributed by atoms with E-state index in [1.165, 1.54) is 6.92 Å². The van der Waals surface area contributed by atoms with Gasteiger partial charge in [-0.15, -0.1) is 0 Å². The van der Waals surface area contributed by atoms with Gasteiger partial charge in [0.2, 0.25) is 11.9 Å². The summed E-state index contributed by atoms with van der Waals surface area (Å²) in [7, 11) is 0. The number of hydrogen-bond donors (Lipinski definition) is 3. The van der Waals surface area contributed by atoms with E-state index in [1.54, 1.807) is 24.4 Å². The molecule has 1 aliphatic carbocycles. The van der Waals surface area contributed by atoms with Crippen molar-refractivity contribution in [2.75, 3.05) is 18.4 Å². The van der Waals surface area contributed by atoms with E-state index < -0.39 is 0 Å². The van der Waals surface area contributed by atoms with E-state index >= 15 is 0 Å². The van der Waals surface area contributed by atoms with Gasteiger partial charge in [0.15, 0.2) is 0 Å². The maximum Gasteiger partial charge on any atom is 0.254 e. The van der Waals surface area contributed by atoms with Crippen LogP contribution in [0.4, 0.5) is 5.95 Å². The van der Waals surface area contributed by atoms with Gasteiger partial charge in [-0.25, -0.2) is 9.97 Å². The molecule has 31 heavy (non-hydrogen) atoms. The Labute approximate surface area is 191 Å². The van der Waals surface area contributed by atoms with Crippen LogP contribution in [0.25, 0.3) is 5.57 Å². The minimum atomic E-state index is -0.306. The largest absolute Gasteiger partial charge is 0.354 e. The first-order valence-corrected chi connectivity index (χ1v) is 10.7. The minimum Gasteiger partial charge on any atom is -0.354 e. The average molecular weight is 460 g/mol. The molecule has 0 aliphatic heterocycles. The second-order valence-electron chi connectivity index (χ2n) is 6.95. The number of carbonyl (C=O) groups is 2. The fraction of sp³-hybridized carbons (Fsp3) is 0.273.